The summed E-state index contributed by atoms with van der Waals surface area (Å²) in [4.78, 5) is 0. The monoisotopic (exact) mass is 222 g/mol. The topological polar surface area (TPSA) is 58.9 Å². The summed E-state index contributed by atoms with van der Waals surface area (Å²) in [6.07, 6.45) is 1.73. The van der Waals surface area contributed by atoms with E-state index in [2.05, 4.69) is 0 Å². The first-order valence-corrected chi connectivity index (χ1v) is 5.63. The predicted octanol–water partition coefficient (Wildman–Crippen LogP) is 1.20. The van der Waals surface area contributed by atoms with Crippen LogP contribution in [0.1, 0.15) is 33.6 Å². The second-order valence-corrected chi connectivity index (χ2v) is 3.26. The molecule has 0 aliphatic rings. The third kappa shape index (κ3) is 24.8. The minimum atomic E-state index is -0.318. The molecule has 0 heterocycles. The third-order valence-corrected chi connectivity index (χ3v) is 1.29. The Morgan fingerprint density at radius 1 is 1.00 bits per heavy atom. The van der Waals surface area contributed by atoms with Gasteiger partial charge in [-0.25, -0.2) is 0 Å². The lowest BCUT2D eigenvalue weighted by molar-refractivity contribution is 0.0466. The van der Waals surface area contributed by atoms with Gasteiger partial charge in [0.25, 0.3) is 0 Å². The van der Waals surface area contributed by atoms with Crippen molar-refractivity contribution in [3.8, 4) is 0 Å². The second-order valence-electron chi connectivity index (χ2n) is 3.26. The molecule has 0 aromatic rings. The molecule has 0 aromatic carbocycles. The van der Waals surface area contributed by atoms with Crippen molar-refractivity contribution in [1.82, 2.24) is 0 Å². The highest BCUT2D eigenvalue weighted by molar-refractivity contribution is 4.39. The standard InChI is InChI=1S/C6H14O2.C5H12O2/c1-3-4-8-5-6(2)7;1-2-4-7-5-3-6/h6-7H,3-5H2,1-2H3;6H,2-5H2,1H3. The largest absolute Gasteiger partial charge is 0.394 e. The average Bonchev–Trinajstić information content (AvgIpc) is 2.20. The molecule has 0 fully saturated rings. The lowest BCUT2D eigenvalue weighted by Gasteiger charge is -2.02. The van der Waals surface area contributed by atoms with Crippen molar-refractivity contribution in [3.63, 3.8) is 0 Å². The van der Waals surface area contributed by atoms with E-state index >= 15 is 0 Å². The second kappa shape index (κ2) is 16.3. The maximum atomic E-state index is 8.65. The first-order chi connectivity index (χ1) is 7.18. The van der Waals surface area contributed by atoms with Crippen molar-refractivity contribution in [2.45, 2.75) is 39.7 Å². The molecule has 15 heavy (non-hydrogen) atoms. The fourth-order valence-corrected chi connectivity index (χ4v) is 0.709. The molecule has 1 atom stereocenters. The van der Waals surface area contributed by atoms with Crippen LogP contribution in [0.25, 0.3) is 0 Å². The van der Waals surface area contributed by atoms with Crippen LogP contribution in [-0.2, 0) is 9.47 Å². The molecule has 0 rings (SSSR count). The molecule has 0 bridgehead atoms. The molecule has 1 unspecified atom stereocenters. The third-order valence-electron chi connectivity index (χ3n) is 1.29. The fraction of sp³-hybridized carbons (Fsp3) is 1.00. The number of rotatable bonds is 8. The minimum Gasteiger partial charge on any atom is -0.394 e. The lowest BCUT2D eigenvalue weighted by atomic mass is 10.4. The normalized spacial score (nSPS) is 11.8. The lowest BCUT2D eigenvalue weighted by Crippen LogP contribution is -2.10. The molecule has 0 radical (unpaired) electrons. The van der Waals surface area contributed by atoms with Gasteiger partial charge in [0, 0.05) is 13.2 Å². The first-order valence-electron chi connectivity index (χ1n) is 5.63. The summed E-state index contributed by atoms with van der Waals surface area (Å²) in [6.45, 7) is 8.40. The van der Waals surface area contributed by atoms with E-state index in [0.717, 1.165) is 26.1 Å². The van der Waals surface area contributed by atoms with E-state index in [9.17, 15) is 0 Å². The highest BCUT2D eigenvalue weighted by Gasteiger charge is 1.91. The maximum Gasteiger partial charge on any atom is 0.0745 e. The first kappa shape index (κ1) is 17.2. The number of hydrogen-bond acceptors (Lipinski definition) is 4. The fourth-order valence-electron chi connectivity index (χ4n) is 0.709. The van der Waals surface area contributed by atoms with E-state index in [0.29, 0.717) is 13.2 Å². The van der Waals surface area contributed by atoms with Crippen LogP contribution in [0.5, 0.6) is 0 Å². The van der Waals surface area contributed by atoms with Crippen LogP contribution in [0, 0.1) is 0 Å². The zero-order valence-electron chi connectivity index (χ0n) is 10.2. The van der Waals surface area contributed by atoms with Crippen LogP contribution in [0.4, 0.5) is 0 Å². The Hall–Kier alpha value is -0.160. The molecule has 0 spiro atoms. The molecular weight excluding hydrogens is 196 g/mol. The average molecular weight is 222 g/mol. The molecular formula is C11H26O4. The summed E-state index contributed by atoms with van der Waals surface area (Å²) in [5, 5.41) is 16.8. The highest BCUT2D eigenvalue weighted by atomic mass is 16.5. The Morgan fingerprint density at radius 2 is 1.53 bits per heavy atom. The zero-order chi connectivity index (χ0) is 11.9. The van der Waals surface area contributed by atoms with Crippen LogP contribution in [0.15, 0.2) is 0 Å². The van der Waals surface area contributed by atoms with Crippen molar-refractivity contribution in [3.05, 3.63) is 0 Å². The van der Waals surface area contributed by atoms with Gasteiger partial charge in [-0.05, 0) is 19.8 Å². The summed E-state index contributed by atoms with van der Waals surface area (Å²) in [6, 6.07) is 0. The Balaban J connectivity index is 0. The molecule has 0 aliphatic carbocycles. The Bertz CT molecular complexity index is 92.6. The van der Waals surface area contributed by atoms with Crippen molar-refractivity contribution in [2.75, 3.05) is 33.0 Å². The SMILES string of the molecule is CCCOCC(C)O.CCCOCCO. The van der Waals surface area contributed by atoms with Gasteiger partial charge in [0.1, 0.15) is 0 Å². The van der Waals surface area contributed by atoms with Crippen LogP contribution in [-0.4, -0.2) is 49.4 Å². The summed E-state index contributed by atoms with van der Waals surface area (Å²) in [7, 11) is 0. The number of ether oxygens (including phenoxy) is 2. The van der Waals surface area contributed by atoms with Crippen molar-refractivity contribution in [1.29, 1.82) is 0 Å². The van der Waals surface area contributed by atoms with Crippen molar-refractivity contribution >= 4 is 0 Å². The summed E-state index contributed by atoms with van der Waals surface area (Å²) in [5.74, 6) is 0. The van der Waals surface area contributed by atoms with Crippen LogP contribution < -0.4 is 0 Å². The van der Waals surface area contributed by atoms with E-state index in [-0.39, 0.29) is 12.7 Å². The minimum absolute atomic E-state index is 0.139. The van der Waals surface area contributed by atoms with E-state index in [1.165, 1.54) is 0 Å². The molecule has 0 aromatic heterocycles. The van der Waals surface area contributed by atoms with Gasteiger partial charge < -0.3 is 19.7 Å². The highest BCUT2D eigenvalue weighted by Crippen LogP contribution is 1.83. The zero-order valence-corrected chi connectivity index (χ0v) is 10.2. The van der Waals surface area contributed by atoms with Gasteiger partial charge in [0.2, 0.25) is 0 Å². The molecule has 4 heteroatoms. The molecule has 2 N–H and O–H groups in total. The van der Waals surface area contributed by atoms with E-state index < -0.39 is 0 Å². The number of aliphatic hydroxyl groups excluding tert-OH is 2. The molecule has 4 nitrogen and oxygen atoms in total. The van der Waals surface area contributed by atoms with Gasteiger partial charge in [-0.15, -0.1) is 0 Å². The Kier molecular flexibility index (Phi) is 18.7. The van der Waals surface area contributed by atoms with Crippen molar-refractivity contribution in [2.24, 2.45) is 0 Å². The van der Waals surface area contributed by atoms with Gasteiger partial charge in [0.15, 0.2) is 0 Å². The quantitative estimate of drug-likeness (QED) is 0.606. The number of aliphatic hydroxyl groups is 2. The van der Waals surface area contributed by atoms with Crippen molar-refractivity contribution < 1.29 is 19.7 Å². The van der Waals surface area contributed by atoms with E-state index in [4.69, 9.17) is 19.7 Å². The Labute approximate surface area is 93.2 Å². The molecule has 0 aliphatic heterocycles. The van der Waals surface area contributed by atoms with Gasteiger partial charge in [-0.3, -0.25) is 0 Å². The smallest absolute Gasteiger partial charge is 0.0745 e. The van der Waals surface area contributed by atoms with Gasteiger partial charge in [-0.1, -0.05) is 13.8 Å². The Morgan fingerprint density at radius 3 is 1.93 bits per heavy atom. The maximum absolute atomic E-state index is 8.65. The molecule has 0 amide bonds. The van der Waals surface area contributed by atoms with Gasteiger partial charge in [-0.2, -0.15) is 0 Å². The van der Waals surface area contributed by atoms with Crippen LogP contribution in [0.3, 0.4) is 0 Å². The van der Waals surface area contributed by atoms with Gasteiger partial charge in [0.05, 0.1) is 25.9 Å². The molecule has 0 saturated heterocycles. The number of hydrogen-bond donors (Lipinski definition) is 2. The predicted molar refractivity (Wildman–Crippen MR) is 61.0 cm³/mol. The van der Waals surface area contributed by atoms with Gasteiger partial charge >= 0.3 is 0 Å². The van der Waals surface area contributed by atoms with Crippen LogP contribution in [0.2, 0.25) is 0 Å². The summed E-state index contributed by atoms with van der Waals surface area (Å²) < 4.78 is 9.88. The molecule has 0 saturated carbocycles. The van der Waals surface area contributed by atoms with Crippen LogP contribution >= 0.6 is 0 Å². The van der Waals surface area contributed by atoms with E-state index in [1.807, 2.05) is 13.8 Å². The summed E-state index contributed by atoms with van der Waals surface area (Å²) in [5.41, 5.74) is 0. The van der Waals surface area contributed by atoms with E-state index in [1.54, 1.807) is 6.92 Å². The summed E-state index contributed by atoms with van der Waals surface area (Å²) >= 11 is 0. The molecule has 94 valence electrons.